The van der Waals surface area contributed by atoms with Crippen molar-refractivity contribution in [3.05, 3.63) is 41.6 Å². The molecule has 1 aromatic heterocycles. The third kappa shape index (κ3) is 2.72. The molecule has 174 valence electrons. The summed E-state index contributed by atoms with van der Waals surface area (Å²) < 4.78 is 0. The Bertz CT molecular complexity index is 1040. The predicted octanol–water partition coefficient (Wildman–Crippen LogP) is 5.14. The number of H-pyrrole nitrogens is 1. The van der Waals surface area contributed by atoms with Crippen molar-refractivity contribution in [3.8, 4) is 0 Å². The van der Waals surface area contributed by atoms with E-state index < -0.39 is 12.2 Å². The zero-order valence-corrected chi connectivity index (χ0v) is 19.9. The van der Waals surface area contributed by atoms with Gasteiger partial charge in [-0.05, 0) is 61.5 Å². The first-order chi connectivity index (χ1) is 15.3. The molecule has 0 aliphatic heterocycles. The molecule has 0 saturated heterocycles. The molecule has 0 unspecified atom stereocenters. The van der Waals surface area contributed by atoms with Crippen molar-refractivity contribution in [1.29, 1.82) is 0 Å². The Morgan fingerprint density at radius 2 is 1.88 bits per heavy atom. The van der Waals surface area contributed by atoms with E-state index in [1.54, 1.807) is 0 Å². The SMILES string of the molecule is C[C@H](CO)C1=C(c2c[nH]c3ccccc23)[C@@H]2[C@H](C)C[C@@H](O)[C@@]3(C)[C@H](C)CC[C@@H](O)[C@@]23CC1. The second-order valence-corrected chi connectivity index (χ2v) is 11.3. The van der Waals surface area contributed by atoms with Crippen molar-refractivity contribution in [2.75, 3.05) is 6.61 Å². The van der Waals surface area contributed by atoms with E-state index in [1.165, 1.54) is 22.1 Å². The van der Waals surface area contributed by atoms with Crippen molar-refractivity contribution >= 4 is 16.5 Å². The van der Waals surface area contributed by atoms with E-state index in [1.807, 2.05) is 0 Å². The van der Waals surface area contributed by atoms with E-state index in [9.17, 15) is 15.3 Å². The standard InChI is InChI=1S/C28H39NO3/c1-16-13-24(32)27(4)18(3)9-10-23(31)28(27)12-11-19(17(2)15-30)25(26(16)28)21-14-29-22-8-6-5-7-20(21)22/h5-8,14,16-18,23-24,26,29-32H,9-13,15H2,1-4H3/t16-,17-,18-,23-,24-,26+,27-,28+/m1/s1. The topological polar surface area (TPSA) is 76.5 Å². The minimum Gasteiger partial charge on any atom is -0.396 e. The van der Waals surface area contributed by atoms with Crippen LogP contribution in [0.2, 0.25) is 0 Å². The fraction of sp³-hybridized carbons (Fsp3) is 0.643. The maximum absolute atomic E-state index is 11.7. The molecule has 1 spiro atoms. The summed E-state index contributed by atoms with van der Waals surface area (Å²) in [6.07, 6.45) is 5.58. The number of aliphatic hydroxyl groups is 3. The lowest BCUT2D eigenvalue weighted by atomic mass is 9.37. The van der Waals surface area contributed by atoms with Crippen LogP contribution >= 0.6 is 0 Å². The largest absolute Gasteiger partial charge is 0.396 e. The first-order valence-corrected chi connectivity index (χ1v) is 12.5. The van der Waals surface area contributed by atoms with Crippen LogP contribution in [-0.4, -0.2) is 39.1 Å². The number of aromatic amines is 1. The molecule has 8 atom stereocenters. The van der Waals surface area contributed by atoms with Crippen LogP contribution in [0.3, 0.4) is 0 Å². The van der Waals surface area contributed by atoms with Gasteiger partial charge in [0, 0.05) is 46.0 Å². The average Bonchev–Trinajstić information content (AvgIpc) is 3.22. The molecule has 0 amide bonds. The average molecular weight is 438 g/mol. The van der Waals surface area contributed by atoms with Crippen LogP contribution in [0.25, 0.3) is 16.5 Å². The molecule has 4 N–H and O–H groups in total. The number of hydrogen-bond acceptors (Lipinski definition) is 3. The van der Waals surface area contributed by atoms with E-state index >= 15 is 0 Å². The zero-order valence-electron chi connectivity index (χ0n) is 19.9. The quantitative estimate of drug-likeness (QED) is 0.537. The summed E-state index contributed by atoms with van der Waals surface area (Å²) >= 11 is 0. The van der Waals surface area contributed by atoms with Gasteiger partial charge in [0.2, 0.25) is 0 Å². The van der Waals surface area contributed by atoms with Gasteiger partial charge >= 0.3 is 0 Å². The minimum atomic E-state index is -0.419. The van der Waals surface area contributed by atoms with Gasteiger partial charge in [0.25, 0.3) is 0 Å². The Morgan fingerprint density at radius 1 is 1.12 bits per heavy atom. The molecule has 1 heterocycles. The van der Waals surface area contributed by atoms with E-state index in [0.29, 0.717) is 5.92 Å². The van der Waals surface area contributed by atoms with Crippen LogP contribution in [0.1, 0.15) is 65.4 Å². The first-order valence-electron chi connectivity index (χ1n) is 12.5. The fourth-order valence-electron chi connectivity index (χ4n) is 8.27. The summed E-state index contributed by atoms with van der Waals surface area (Å²) in [7, 11) is 0. The van der Waals surface area contributed by atoms with Crippen LogP contribution in [0.4, 0.5) is 0 Å². The van der Waals surface area contributed by atoms with Crippen molar-refractivity contribution in [2.24, 2.45) is 34.5 Å². The Hall–Kier alpha value is -1.62. The number of para-hydroxylation sites is 1. The van der Waals surface area contributed by atoms with Gasteiger partial charge in [-0.25, -0.2) is 0 Å². The monoisotopic (exact) mass is 437 g/mol. The van der Waals surface area contributed by atoms with Crippen molar-refractivity contribution in [2.45, 2.75) is 72.0 Å². The van der Waals surface area contributed by atoms with E-state index in [2.05, 4.69) is 63.1 Å². The van der Waals surface area contributed by atoms with Crippen LogP contribution in [0.15, 0.2) is 36.0 Å². The van der Waals surface area contributed by atoms with E-state index in [4.69, 9.17) is 0 Å². The Kier molecular flexibility index (Phi) is 5.35. The molecule has 0 bridgehead atoms. The number of benzene rings is 1. The molecule has 4 heteroatoms. The summed E-state index contributed by atoms with van der Waals surface area (Å²) in [5.41, 5.74) is 4.32. The maximum Gasteiger partial charge on any atom is 0.0608 e. The fourth-order valence-corrected chi connectivity index (χ4v) is 8.27. The van der Waals surface area contributed by atoms with Gasteiger partial charge in [-0.1, -0.05) is 51.5 Å². The summed E-state index contributed by atoms with van der Waals surface area (Å²) in [5, 5.41) is 34.6. The molecule has 4 nitrogen and oxygen atoms in total. The highest BCUT2D eigenvalue weighted by molar-refractivity contribution is 5.94. The molecule has 0 radical (unpaired) electrons. The normalized spacial score (nSPS) is 40.8. The molecule has 3 aliphatic rings. The number of fused-ring (bicyclic) bond motifs is 1. The Balaban J connectivity index is 1.81. The Labute approximate surface area is 191 Å². The predicted molar refractivity (Wildman–Crippen MR) is 129 cm³/mol. The Morgan fingerprint density at radius 3 is 2.62 bits per heavy atom. The molecule has 3 aliphatic carbocycles. The highest BCUT2D eigenvalue weighted by atomic mass is 16.3. The van der Waals surface area contributed by atoms with E-state index in [-0.39, 0.29) is 35.2 Å². The van der Waals surface area contributed by atoms with Crippen molar-refractivity contribution < 1.29 is 15.3 Å². The smallest absolute Gasteiger partial charge is 0.0608 e. The summed E-state index contributed by atoms with van der Waals surface area (Å²) in [5.74, 6) is 0.852. The maximum atomic E-state index is 11.7. The molecule has 5 rings (SSSR count). The molecule has 2 saturated carbocycles. The zero-order chi connectivity index (χ0) is 22.8. The van der Waals surface area contributed by atoms with Crippen molar-refractivity contribution in [1.82, 2.24) is 4.98 Å². The van der Waals surface area contributed by atoms with E-state index in [0.717, 1.165) is 37.6 Å². The molecule has 32 heavy (non-hydrogen) atoms. The number of aromatic nitrogens is 1. The van der Waals surface area contributed by atoms with Gasteiger partial charge in [-0.2, -0.15) is 0 Å². The number of rotatable bonds is 3. The number of hydrogen-bond donors (Lipinski definition) is 4. The third-order valence-corrected chi connectivity index (χ3v) is 10.1. The number of nitrogens with one attached hydrogen (secondary N) is 1. The van der Waals surface area contributed by atoms with Crippen molar-refractivity contribution in [3.63, 3.8) is 0 Å². The summed E-state index contributed by atoms with van der Waals surface area (Å²) in [6, 6.07) is 8.44. The van der Waals surface area contributed by atoms with Crippen LogP contribution in [0.5, 0.6) is 0 Å². The number of aliphatic hydroxyl groups excluding tert-OH is 3. The van der Waals surface area contributed by atoms with Crippen LogP contribution in [0, 0.1) is 34.5 Å². The highest BCUT2D eigenvalue weighted by Crippen LogP contribution is 2.71. The van der Waals surface area contributed by atoms with Crippen LogP contribution in [-0.2, 0) is 0 Å². The summed E-state index contributed by atoms with van der Waals surface area (Å²) in [4.78, 5) is 3.47. The van der Waals surface area contributed by atoms with Gasteiger partial charge in [-0.15, -0.1) is 0 Å². The first kappa shape index (κ1) is 22.2. The summed E-state index contributed by atoms with van der Waals surface area (Å²) in [6.45, 7) is 9.07. The molecule has 2 aromatic rings. The molecular weight excluding hydrogens is 398 g/mol. The molecule has 2 fully saturated rings. The lowest BCUT2D eigenvalue weighted by Gasteiger charge is -2.68. The second kappa shape index (κ2) is 7.72. The lowest BCUT2D eigenvalue weighted by Crippen LogP contribution is -2.68. The molecule has 1 aromatic carbocycles. The second-order valence-electron chi connectivity index (χ2n) is 11.3. The van der Waals surface area contributed by atoms with Gasteiger partial charge < -0.3 is 20.3 Å². The van der Waals surface area contributed by atoms with Gasteiger partial charge in [0.15, 0.2) is 0 Å². The number of allylic oxidation sites excluding steroid dienone is 1. The lowest BCUT2D eigenvalue weighted by molar-refractivity contribution is -0.240. The van der Waals surface area contributed by atoms with Crippen LogP contribution < -0.4 is 0 Å². The minimum absolute atomic E-state index is 0.0828. The third-order valence-electron chi connectivity index (χ3n) is 10.1. The van der Waals surface area contributed by atoms with Gasteiger partial charge in [0.05, 0.1) is 12.2 Å². The van der Waals surface area contributed by atoms with Gasteiger partial charge in [-0.3, -0.25) is 0 Å². The van der Waals surface area contributed by atoms with Gasteiger partial charge in [0.1, 0.15) is 0 Å². The highest BCUT2D eigenvalue weighted by Gasteiger charge is 2.68. The molecular formula is C28H39NO3.